The first-order valence-corrected chi connectivity index (χ1v) is 12.9. The van der Waals surface area contributed by atoms with Crippen LogP contribution in [-0.2, 0) is 30.6 Å². The number of pyridine rings is 1. The monoisotopic (exact) mass is 567 g/mol. The third-order valence-corrected chi connectivity index (χ3v) is 7.80. The Morgan fingerprint density at radius 1 is 1.35 bits per heavy atom. The number of hydrogen-bond acceptors (Lipinski definition) is 10. The van der Waals surface area contributed by atoms with Crippen LogP contribution in [0.3, 0.4) is 0 Å². The van der Waals surface area contributed by atoms with Crippen molar-refractivity contribution in [2.75, 3.05) is 11.5 Å². The minimum Gasteiger partial charge on any atom is -0.478 e. The number of fused-ring (bicyclic) bond motifs is 1. The zero-order valence-electron chi connectivity index (χ0n) is 19.0. The standard InChI is InChI=1S/C21H19ClN6O7S2/c1-9(19(31)32)35-26-12(11-15(22)37-21(23)25-11)16(29)24-13-17(30)28-14(20(33)34)10(8-36-18(13)28)7-27-5-3-2-4-6-27/h2-6,9,13,18H,7-8H2,1H3,(H4-,23,24,25,29,31,32,33,34)/p+1/b26-12-/t9-,13+,18?/m0/s1. The average Bonchev–Trinajstić information content (AvgIpc) is 3.19. The van der Waals surface area contributed by atoms with Crippen LogP contribution >= 0.6 is 34.7 Å². The smallest absolute Gasteiger partial charge is 0.352 e. The summed E-state index contributed by atoms with van der Waals surface area (Å²) in [6.07, 6.45) is 2.18. The highest BCUT2D eigenvalue weighted by Gasteiger charge is 2.55. The number of aromatic nitrogens is 2. The van der Waals surface area contributed by atoms with E-state index >= 15 is 0 Å². The number of thiazole rings is 1. The number of carboxylic acids is 2. The number of amides is 2. The van der Waals surface area contributed by atoms with E-state index in [1.807, 2.05) is 18.2 Å². The lowest BCUT2D eigenvalue weighted by Gasteiger charge is -2.49. The number of aliphatic carboxylic acids is 2. The molecule has 5 N–H and O–H groups in total. The minimum atomic E-state index is -1.39. The number of β-lactam (4-membered cyclic amide) rings is 1. The van der Waals surface area contributed by atoms with E-state index in [1.54, 1.807) is 17.0 Å². The lowest BCUT2D eigenvalue weighted by atomic mass is 10.0. The molecule has 2 aliphatic rings. The molecule has 0 aromatic carbocycles. The van der Waals surface area contributed by atoms with Gasteiger partial charge in [0.15, 0.2) is 29.8 Å². The lowest BCUT2D eigenvalue weighted by molar-refractivity contribution is -0.689. The molecular weight excluding hydrogens is 548 g/mol. The lowest BCUT2D eigenvalue weighted by Crippen LogP contribution is -2.71. The molecule has 4 heterocycles. The van der Waals surface area contributed by atoms with Gasteiger partial charge in [0.05, 0.1) is 0 Å². The van der Waals surface area contributed by atoms with Gasteiger partial charge in [0, 0.05) is 23.5 Å². The van der Waals surface area contributed by atoms with Crippen molar-refractivity contribution in [2.45, 2.75) is 31.0 Å². The van der Waals surface area contributed by atoms with Gasteiger partial charge in [-0.15, -0.1) is 11.8 Å². The fraction of sp³-hybridized carbons (Fsp3) is 0.286. The SMILES string of the molecule is C[C@H](O/N=C(\C(=O)N[C@@H]1C(=O)N2C(C(=O)O)=C(C[n+]3ccccc3)CSC12)c1nc(N)sc1Cl)C(=O)O. The summed E-state index contributed by atoms with van der Waals surface area (Å²) >= 11 is 8.28. The van der Waals surface area contributed by atoms with Gasteiger partial charge in [-0.2, -0.15) is 0 Å². The summed E-state index contributed by atoms with van der Waals surface area (Å²) in [5.41, 5.74) is 5.45. The molecule has 2 amide bonds. The van der Waals surface area contributed by atoms with E-state index < -0.39 is 47.0 Å². The Morgan fingerprint density at radius 2 is 2.05 bits per heavy atom. The number of carbonyl (C=O) groups excluding carboxylic acids is 2. The molecule has 0 bridgehead atoms. The molecule has 0 saturated carbocycles. The molecule has 37 heavy (non-hydrogen) atoms. The van der Waals surface area contributed by atoms with Gasteiger partial charge in [0.25, 0.3) is 11.8 Å². The van der Waals surface area contributed by atoms with Crippen molar-refractivity contribution in [3.05, 3.63) is 51.9 Å². The van der Waals surface area contributed by atoms with Crippen LogP contribution in [0, 0.1) is 0 Å². The summed E-state index contributed by atoms with van der Waals surface area (Å²) in [5, 5.41) is 24.4. The zero-order valence-corrected chi connectivity index (χ0v) is 21.4. The van der Waals surface area contributed by atoms with E-state index in [0.29, 0.717) is 11.3 Å². The molecule has 2 aromatic rings. The Bertz CT molecular complexity index is 1330. The van der Waals surface area contributed by atoms with Crippen molar-refractivity contribution in [1.82, 2.24) is 15.2 Å². The Balaban J connectivity index is 1.56. The van der Waals surface area contributed by atoms with Crippen molar-refractivity contribution in [1.29, 1.82) is 0 Å². The predicted octanol–water partition coefficient (Wildman–Crippen LogP) is 0.299. The highest BCUT2D eigenvalue weighted by atomic mass is 35.5. The van der Waals surface area contributed by atoms with Crippen LogP contribution in [-0.4, -0.2) is 72.8 Å². The van der Waals surface area contributed by atoms with Crippen LogP contribution in [0.1, 0.15) is 12.6 Å². The summed E-state index contributed by atoms with van der Waals surface area (Å²) in [4.78, 5) is 59.3. The van der Waals surface area contributed by atoms with Gasteiger partial charge in [0.2, 0.25) is 6.10 Å². The van der Waals surface area contributed by atoms with Gasteiger partial charge in [-0.3, -0.25) is 14.5 Å². The topological polar surface area (TPSA) is 188 Å². The first kappa shape index (κ1) is 26.4. The Labute approximate surface area is 222 Å². The molecule has 1 saturated heterocycles. The van der Waals surface area contributed by atoms with Crippen molar-refractivity contribution >= 4 is 69.3 Å². The minimum absolute atomic E-state index is 0.00531. The third-order valence-electron chi connectivity index (χ3n) is 5.38. The van der Waals surface area contributed by atoms with E-state index in [-0.39, 0.29) is 27.4 Å². The van der Waals surface area contributed by atoms with E-state index in [0.717, 1.165) is 16.2 Å². The van der Waals surface area contributed by atoms with Crippen LogP contribution in [0.15, 0.2) is 47.0 Å². The fourth-order valence-corrected chi connectivity index (χ4v) is 5.87. The second-order valence-corrected chi connectivity index (χ2v) is 10.6. The van der Waals surface area contributed by atoms with Gasteiger partial charge >= 0.3 is 11.9 Å². The molecule has 4 rings (SSSR count). The largest absolute Gasteiger partial charge is 0.478 e. The first-order chi connectivity index (χ1) is 17.6. The second kappa shape index (κ2) is 10.7. The zero-order chi connectivity index (χ0) is 26.9. The number of hydrogen-bond donors (Lipinski definition) is 4. The maximum Gasteiger partial charge on any atom is 0.352 e. The Morgan fingerprint density at radius 3 is 2.65 bits per heavy atom. The van der Waals surface area contributed by atoms with Crippen LogP contribution in [0.25, 0.3) is 0 Å². The number of carboxylic acid groups (broad SMARTS) is 2. The van der Waals surface area contributed by atoms with Crippen LogP contribution in [0.4, 0.5) is 5.13 Å². The van der Waals surface area contributed by atoms with Crippen LogP contribution < -0.4 is 15.6 Å². The molecule has 16 heteroatoms. The quantitative estimate of drug-likeness (QED) is 0.142. The number of anilines is 1. The van der Waals surface area contributed by atoms with Gasteiger partial charge in [-0.05, 0) is 6.92 Å². The summed E-state index contributed by atoms with van der Waals surface area (Å²) in [6, 6.07) is 4.37. The number of rotatable bonds is 9. The highest BCUT2D eigenvalue weighted by Crippen LogP contribution is 2.40. The highest BCUT2D eigenvalue weighted by molar-refractivity contribution is 8.00. The van der Waals surface area contributed by atoms with Crippen molar-refractivity contribution in [3.63, 3.8) is 0 Å². The van der Waals surface area contributed by atoms with Gasteiger partial charge < -0.3 is 26.1 Å². The van der Waals surface area contributed by atoms with E-state index in [1.165, 1.54) is 18.7 Å². The molecule has 2 aromatic heterocycles. The molecular formula is C21H20ClN6O7S2+. The van der Waals surface area contributed by atoms with Gasteiger partial charge in [-0.1, -0.05) is 34.2 Å². The fourth-order valence-electron chi connectivity index (χ4n) is 3.61. The predicted molar refractivity (Wildman–Crippen MR) is 133 cm³/mol. The molecule has 1 fully saturated rings. The summed E-state index contributed by atoms with van der Waals surface area (Å²) in [6.45, 7) is 1.48. The second-order valence-electron chi connectivity index (χ2n) is 7.87. The van der Waals surface area contributed by atoms with Gasteiger partial charge in [0.1, 0.15) is 27.1 Å². The number of halogens is 1. The molecule has 13 nitrogen and oxygen atoms in total. The first-order valence-electron chi connectivity index (χ1n) is 10.6. The third kappa shape index (κ3) is 5.38. The number of nitrogen functional groups attached to an aromatic ring is 1. The molecule has 0 aliphatic carbocycles. The summed E-state index contributed by atoms with van der Waals surface area (Å²) < 4.78 is 1.80. The number of nitrogens with two attached hydrogens (primary N) is 1. The van der Waals surface area contributed by atoms with Crippen molar-refractivity contribution < 1.29 is 38.8 Å². The molecule has 1 unspecified atom stereocenters. The molecule has 194 valence electrons. The van der Waals surface area contributed by atoms with E-state index in [4.69, 9.17) is 27.3 Å². The van der Waals surface area contributed by atoms with E-state index in [9.17, 15) is 24.3 Å². The molecule has 3 atom stereocenters. The number of thioether (sulfide) groups is 1. The van der Waals surface area contributed by atoms with Crippen LogP contribution in [0.5, 0.6) is 0 Å². The molecule has 0 spiro atoms. The summed E-state index contributed by atoms with van der Waals surface area (Å²) in [7, 11) is 0. The number of nitrogens with one attached hydrogen (secondary N) is 1. The van der Waals surface area contributed by atoms with Gasteiger partial charge in [-0.25, -0.2) is 19.1 Å². The van der Waals surface area contributed by atoms with Crippen LogP contribution in [0.2, 0.25) is 4.34 Å². The Kier molecular flexibility index (Phi) is 7.65. The maximum atomic E-state index is 13.1. The Hall–Kier alpha value is -3.69. The van der Waals surface area contributed by atoms with Crippen molar-refractivity contribution in [3.8, 4) is 0 Å². The van der Waals surface area contributed by atoms with Crippen molar-refractivity contribution in [2.24, 2.45) is 5.16 Å². The van der Waals surface area contributed by atoms with E-state index in [2.05, 4.69) is 15.5 Å². The molecule has 0 radical (unpaired) electrons. The molecule has 2 aliphatic heterocycles. The number of nitrogens with zero attached hydrogens (tertiary/aromatic N) is 4. The number of carbonyl (C=O) groups is 4. The number of oxime groups is 1. The normalized spacial score (nSPS) is 20.1. The maximum absolute atomic E-state index is 13.1. The summed E-state index contributed by atoms with van der Waals surface area (Å²) in [5.74, 6) is -3.80. The average molecular weight is 568 g/mol.